The minimum absolute atomic E-state index is 0.484. The zero-order valence-corrected chi connectivity index (χ0v) is 17.0. The fraction of sp³-hybridized carbons (Fsp3) is 0.760. The average molecular weight is 339 g/mol. The molecule has 0 aromatic rings. The van der Waals surface area contributed by atoms with Gasteiger partial charge in [0, 0.05) is 0 Å². The minimum Gasteiger partial charge on any atom is -0.0958 e. The predicted octanol–water partition coefficient (Wildman–Crippen LogP) is 7.48. The van der Waals surface area contributed by atoms with Crippen molar-refractivity contribution in [3.63, 3.8) is 0 Å². The lowest BCUT2D eigenvalue weighted by molar-refractivity contribution is -0.0451. The summed E-state index contributed by atoms with van der Waals surface area (Å²) in [7, 11) is 0. The molecule has 0 amide bonds. The van der Waals surface area contributed by atoms with Gasteiger partial charge in [0.05, 0.1) is 0 Å². The van der Waals surface area contributed by atoms with Crippen molar-refractivity contribution in [2.75, 3.05) is 0 Å². The summed E-state index contributed by atoms with van der Waals surface area (Å²) in [6.07, 6.45) is 17.4. The Morgan fingerprint density at radius 2 is 1.92 bits per heavy atom. The summed E-state index contributed by atoms with van der Waals surface area (Å²) in [5, 5.41) is 0. The van der Waals surface area contributed by atoms with Crippen molar-refractivity contribution in [2.45, 2.75) is 85.5 Å². The van der Waals surface area contributed by atoms with Crippen LogP contribution in [0.3, 0.4) is 0 Å². The van der Waals surface area contributed by atoms with Crippen LogP contribution < -0.4 is 0 Å². The molecule has 0 heterocycles. The maximum absolute atomic E-state index is 4.27. The van der Waals surface area contributed by atoms with E-state index in [4.69, 9.17) is 0 Å². The van der Waals surface area contributed by atoms with E-state index in [0.717, 1.165) is 23.7 Å². The van der Waals surface area contributed by atoms with Crippen molar-refractivity contribution >= 4 is 0 Å². The Balaban J connectivity index is 1.64. The standard InChI is InChI=1S/C25H38/c1-6-7-18(3)21-10-11-22-20-9-8-19-16-17(2)12-14-24(19,4)23(20)13-15-25(21,22)5/h7,16,20-23H,2,6,8-15H2,1,3-5H3/b18-7+. The molecule has 0 aromatic heterocycles. The third kappa shape index (κ3) is 2.54. The first-order valence-electron chi connectivity index (χ1n) is 11.0. The molecule has 25 heavy (non-hydrogen) atoms. The molecule has 0 heteroatoms. The fourth-order valence-corrected chi connectivity index (χ4v) is 7.86. The van der Waals surface area contributed by atoms with E-state index in [2.05, 4.69) is 46.4 Å². The highest BCUT2D eigenvalue weighted by Gasteiger charge is 2.58. The highest BCUT2D eigenvalue weighted by molar-refractivity contribution is 5.33. The molecular formula is C25H38. The highest BCUT2D eigenvalue weighted by Crippen LogP contribution is 2.67. The van der Waals surface area contributed by atoms with Gasteiger partial charge in [0.1, 0.15) is 0 Å². The first kappa shape index (κ1) is 17.6. The molecule has 6 unspecified atom stereocenters. The average Bonchev–Trinajstić information content (AvgIpc) is 2.93. The van der Waals surface area contributed by atoms with Crippen LogP contribution in [0.15, 0.2) is 35.5 Å². The van der Waals surface area contributed by atoms with E-state index in [0.29, 0.717) is 10.8 Å². The van der Waals surface area contributed by atoms with E-state index < -0.39 is 0 Å². The van der Waals surface area contributed by atoms with Crippen molar-refractivity contribution in [1.29, 1.82) is 0 Å². The zero-order chi connectivity index (χ0) is 17.8. The van der Waals surface area contributed by atoms with Crippen LogP contribution in [0.5, 0.6) is 0 Å². The Kier molecular flexibility index (Phi) is 4.33. The van der Waals surface area contributed by atoms with Crippen molar-refractivity contribution in [1.82, 2.24) is 0 Å². The maximum Gasteiger partial charge on any atom is -0.00790 e. The number of hydrogen-bond donors (Lipinski definition) is 0. The molecule has 138 valence electrons. The smallest absolute Gasteiger partial charge is 0.00790 e. The largest absolute Gasteiger partial charge is 0.0958 e. The monoisotopic (exact) mass is 338 g/mol. The van der Waals surface area contributed by atoms with Gasteiger partial charge >= 0.3 is 0 Å². The first-order valence-corrected chi connectivity index (χ1v) is 11.0. The van der Waals surface area contributed by atoms with Gasteiger partial charge in [0.25, 0.3) is 0 Å². The van der Waals surface area contributed by atoms with E-state index in [9.17, 15) is 0 Å². The van der Waals surface area contributed by atoms with Crippen LogP contribution in [-0.4, -0.2) is 0 Å². The summed E-state index contributed by atoms with van der Waals surface area (Å²) < 4.78 is 0. The molecule has 0 aliphatic heterocycles. The van der Waals surface area contributed by atoms with Gasteiger partial charge < -0.3 is 0 Å². The SMILES string of the molecule is C=C1C=C2CCC3C(CCC4(C)C(/C(C)=C/CC)CCC34)C2(C)CC1. The van der Waals surface area contributed by atoms with E-state index >= 15 is 0 Å². The fourth-order valence-electron chi connectivity index (χ4n) is 7.86. The third-order valence-corrected chi connectivity index (χ3v) is 9.16. The van der Waals surface area contributed by atoms with Crippen LogP contribution in [0.2, 0.25) is 0 Å². The summed E-state index contributed by atoms with van der Waals surface area (Å²) in [4.78, 5) is 0. The van der Waals surface area contributed by atoms with Crippen molar-refractivity contribution in [3.8, 4) is 0 Å². The molecule has 3 fully saturated rings. The zero-order valence-electron chi connectivity index (χ0n) is 17.0. The Hall–Kier alpha value is -0.780. The molecule has 4 rings (SSSR count). The molecular weight excluding hydrogens is 300 g/mol. The quantitative estimate of drug-likeness (QED) is 0.458. The summed E-state index contributed by atoms with van der Waals surface area (Å²) >= 11 is 0. The first-order chi connectivity index (χ1) is 11.9. The van der Waals surface area contributed by atoms with Gasteiger partial charge in [-0.3, -0.25) is 0 Å². The van der Waals surface area contributed by atoms with Gasteiger partial charge in [-0.1, -0.05) is 56.2 Å². The van der Waals surface area contributed by atoms with E-state index in [1.54, 1.807) is 11.1 Å². The molecule has 4 aliphatic rings. The summed E-state index contributed by atoms with van der Waals surface area (Å²) in [6.45, 7) is 14.3. The Morgan fingerprint density at radius 1 is 1.12 bits per heavy atom. The lowest BCUT2D eigenvalue weighted by atomic mass is 9.46. The molecule has 0 spiro atoms. The van der Waals surface area contributed by atoms with Crippen LogP contribution >= 0.6 is 0 Å². The van der Waals surface area contributed by atoms with Crippen molar-refractivity contribution < 1.29 is 0 Å². The second-order valence-electron chi connectivity index (χ2n) is 10.2. The van der Waals surface area contributed by atoms with Crippen molar-refractivity contribution in [2.24, 2.45) is 34.5 Å². The number of allylic oxidation sites excluding steroid dienone is 5. The summed E-state index contributed by atoms with van der Waals surface area (Å²) in [6, 6.07) is 0. The lowest BCUT2D eigenvalue weighted by Gasteiger charge is -2.58. The Labute approximate surface area is 155 Å². The molecule has 0 aromatic carbocycles. The molecule has 0 nitrogen and oxygen atoms in total. The number of rotatable bonds is 2. The summed E-state index contributed by atoms with van der Waals surface area (Å²) in [5.41, 5.74) is 5.89. The molecule has 3 saturated carbocycles. The van der Waals surface area contributed by atoms with E-state index in [-0.39, 0.29) is 0 Å². The van der Waals surface area contributed by atoms with E-state index in [1.807, 2.05) is 0 Å². The van der Waals surface area contributed by atoms with Crippen LogP contribution in [0.25, 0.3) is 0 Å². The summed E-state index contributed by atoms with van der Waals surface area (Å²) in [5.74, 6) is 3.74. The molecule has 6 atom stereocenters. The second kappa shape index (κ2) is 6.14. The Bertz CT molecular complexity index is 620. The van der Waals surface area contributed by atoms with Gasteiger partial charge in [-0.05, 0) is 99.2 Å². The predicted molar refractivity (Wildman–Crippen MR) is 108 cm³/mol. The molecule has 0 radical (unpaired) electrons. The van der Waals surface area contributed by atoms with Gasteiger partial charge in [-0.25, -0.2) is 0 Å². The highest BCUT2D eigenvalue weighted by atomic mass is 14.6. The lowest BCUT2D eigenvalue weighted by Crippen LogP contribution is -2.50. The van der Waals surface area contributed by atoms with Gasteiger partial charge in [0.15, 0.2) is 0 Å². The number of fused-ring (bicyclic) bond motifs is 5. The number of hydrogen-bond acceptors (Lipinski definition) is 0. The molecule has 4 aliphatic carbocycles. The van der Waals surface area contributed by atoms with Crippen LogP contribution in [-0.2, 0) is 0 Å². The van der Waals surface area contributed by atoms with Crippen molar-refractivity contribution in [3.05, 3.63) is 35.5 Å². The molecule has 0 saturated heterocycles. The van der Waals surface area contributed by atoms with Gasteiger partial charge in [-0.15, -0.1) is 0 Å². The van der Waals surface area contributed by atoms with Gasteiger partial charge in [0.2, 0.25) is 0 Å². The van der Waals surface area contributed by atoms with Crippen LogP contribution in [0.1, 0.15) is 85.5 Å². The van der Waals surface area contributed by atoms with Crippen LogP contribution in [0, 0.1) is 34.5 Å². The van der Waals surface area contributed by atoms with Crippen LogP contribution in [0.4, 0.5) is 0 Å². The van der Waals surface area contributed by atoms with E-state index in [1.165, 1.54) is 63.4 Å². The Morgan fingerprint density at radius 3 is 2.68 bits per heavy atom. The molecule has 0 bridgehead atoms. The third-order valence-electron chi connectivity index (χ3n) is 9.16. The topological polar surface area (TPSA) is 0 Å². The van der Waals surface area contributed by atoms with Gasteiger partial charge in [-0.2, -0.15) is 0 Å². The second-order valence-corrected chi connectivity index (χ2v) is 10.2. The maximum atomic E-state index is 4.27. The minimum atomic E-state index is 0.484. The normalized spacial score (nSPS) is 47.0. The molecule has 0 N–H and O–H groups in total.